The van der Waals surface area contributed by atoms with E-state index in [1.54, 1.807) is 39.0 Å². The molecule has 3 amide bonds. The first-order valence-electron chi connectivity index (χ1n) is 12.2. The van der Waals surface area contributed by atoms with Gasteiger partial charge in [0.1, 0.15) is 23.4 Å². The van der Waals surface area contributed by atoms with E-state index >= 15 is 0 Å². The average molecular weight is 478 g/mol. The van der Waals surface area contributed by atoms with Crippen LogP contribution in [-0.4, -0.2) is 52.1 Å². The molecule has 0 saturated heterocycles. The van der Waals surface area contributed by atoms with Crippen LogP contribution in [-0.2, 0) is 14.3 Å². The number of para-hydroxylation sites is 1. The Bertz CT molecular complexity index is 819. The molecule has 8 heteroatoms. The van der Waals surface area contributed by atoms with Crippen LogP contribution in [0.25, 0.3) is 0 Å². The van der Waals surface area contributed by atoms with Crippen molar-refractivity contribution in [3.63, 3.8) is 0 Å². The van der Waals surface area contributed by atoms with Gasteiger partial charge in [-0.25, -0.2) is 4.79 Å². The summed E-state index contributed by atoms with van der Waals surface area (Å²) in [6, 6.07) is 4.17. The number of ether oxygens (including phenoxy) is 1. The van der Waals surface area contributed by atoms with Gasteiger partial charge in [-0.3, -0.25) is 9.59 Å². The van der Waals surface area contributed by atoms with Crippen LogP contribution in [0.15, 0.2) is 24.3 Å². The number of phenolic OH excluding ortho intramolecular Hbond substituents is 1. The maximum Gasteiger partial charge on any atom is 0.408 e. The molecule has 192 valence electrons. The lowest BCUT2D eigenvalue weighted by molar-refractivity contribution is -0.145. The Balaban J connectivity index is 3.45. The number of hydrogen-bond acceptors (Lipinski definition) is 5. The van der Waals surface area contributed by atoms with Crippen molar-refractivity contribution >= 4 is 17.9 Å². The summed E-state index contributed by atoms with van der Waals surface area (Å²) in [5, 5.41) is 16.2. The maximum absolute atomic E-state index is 13.9. The predicted octanol–water partition coefficient (Wildman–Crippen LogP) is 4.53. The molecule has 0 aromatic heterocycles. The van der Waals surface area contributed by atoms with Gasteiger partial charge in [0, 0.05) is 18.2 Å². The van der Waals surface area contributed by atoms with Gasteiger partial charge >= 0.3 is 6.09 Å². The lowest BCUT2D eigenvalue weighted by Crippen LogP contribution is -2.57. The number of unbranched alkanes of at least 4 members (excludes halogenated alkanes) is 1. The van der Waals surface area contributed by atoms with E-state index in [9.17, 15) is 19.5 Å². The molecule has 0 spiro atoms. The minimum atomic E-state index is -1.06. The van der Waals surface area contributed by atoms with Gasteiger partial charge in [-0.15, -0.1) is 0 Å². The number of alkyl carbamates (subject to hydrolysis) is 1. The van der Waals surface area contributed by atoms with Gasteiger partial charge in [-0.1, -0.05) is 51.8 Å². The third-order valence-electron chi connectivity index (χ3n) is 5.55. The van der Waals surface area contributed by atoms with E-state index in [4.69, 9.17) is 4.74 Å². The predicted molar refractivity (Wildman–Crippen MR) is 133 cm³/mol. The van der Waals surface area contributed by atoms with Crippen LogP contribution >= 0.6 is 0 Å². The molecular weight excluding hydrogens is 434 g/mol. The lowest BCUT2D eigenvalue weighted by Gasteiger charge is -2.38. The minimum absolute atomic E-state index is 0.0724. The Labute approximate surface area is 204 Å². The van der Waals surface area contributed by atoms with E-state index in [0.29, 0.717) is 18.5 Å². The Morgan fingerprint density at radius 1 is 1.09 bits per heavy atom. The Morgan fingerprint density at radius 3 is 2.21 bits per heavy atom. The quantitative estimate of drug-likeness (QED) is 0.406. The number of rotatable bonds is 11. The van der Waals surface area contributed by atoms with Gasteiger partial charge < -0.3 is 25.4 Å². The fourth-order valence-electron chi connectivity index (χ4n) is 3.58. The number of aromatic hydroxyl groups is 1. The van der Waals surface area contributed by atoms with E-state index < -0.39 is 29.7 Å². The smallest absolute Gasteiger partial charge is 0.408 e. The van der Waals surface area contributed by atoms with Gasteiger partial charge in [-0.05, 0) is 53.0 Å². The lowest BCUT2D eigenvalue weighted by atomic mass is 9.94. The number of carbonyl (C=O) groups excluding carboxylic acids is 3. The van der Waals surface area contributed by atoms with Gasteiger partial charge in [0.05, 0.1) is 0 Å². The molecule has 0 bridgehead atoms. The van der Waals surface area contributed by atoms with Crippen molar-refractivity contribution in [2.45, 2.75) is 98.4 Å². The highest BCUT2D eigenvalue weighted by Gasteiger charge is 2.40. The summed E-state index contributed by atoms with van der Waals surface area (Å²) in [6.45, 7) is 15.2. The number of hydrogen-bond donors (Lipinski definition) is 3. The highest BCUT2D eigenvalue weighted by molar-refractivity contribution is 5.92. The summed E-state index contributed by atoms with van der Waals surface area (Å²) in [5.74, 6) is -1.07. The first kappa shape index (κ1) is 29.3. The van der Waals surface area contributed by atoms with Crippen LogP contribution in [0.1, 0.15) is 86.3 Å². The monoisotopic (exact) mass is 477 g/mol. The van der Waals surface area contributed by atoms with E-state index in [1.165, 1.54) is 11.0 Å². The summed E-state index contributed by atoms with van der Waals surface area (Å²) in [6.07, 6.45) is 1.64. The fourth-order valence-corrected chi connectivity index (χ4v) is 3.58. The molecule has 1 aromatic rings. The number of nitrogens with one attached hydrogen (secondary N) is 2. The number of phenols is 1. The van der Waals surface area contributed by atoms with Crippen molar-refractivity contribution in [2.75, 3.05) is 6.54 Å². The van der Waals surface area contributed by atoms with Gasteiger partial charge in [0.25, 0.3) is 0 Å². The molecule has 1 aromatic carbocycles. The van der Waals surface area contributed by atoms with Crippen LogP contribution < -0.4 is 10.6 Å². The molecule has 3 N–H and O–H groups in total. The van der Waals surface area contributed by atoms with E-state index in [2.05, 4.69) is 10.6 Å². The zero-order chi connectivity index (χ0) is 26.1. The summed E-state index contributed by atoms with van der Waals surface area (Å²) in [5.41, 5.74) is -0.388. The van der Waals surface area contributed by atoms with E-state index in [0.717, 1.165) is 12.8 Å². The van der Waals surface area contributed by atoms with Crippen molar-refractivity contribution in [2.24, 2.45) is 5.92 Å². The van der Waals surface area contributed by atoms with Crippen molar-refractivity contribution in [1.82, 2.24) is 15.5 Å². The normalized spacial score (nSPS) is 14.1. The van der Waals surface area contributed by atoms with E-state index in [-0.39, 0.29) is 23.6 Å². The first-order valence-corrected chi connectivity index (χ1v) is 12.2. The average Bonchev–Trinajstić information content (AvgIpc) is 2.74. The molecule has 0 heterocycles. The summed E-state index contributed by atoms with van der Waals surface area (Å²) in [4.78, 5) is 41.3. The summed E-state index contributed by atoms with van der Waals surface area (Å²) >= 11 is 0. The molecule has 34 heavy (non-hydrogen) atoms. The molecule has 8 nitrogen and oxygen atoms in total. The zero-order valence-corrected chi connectivity index (χ0v) is 22.0. The van der Waals surface area contributed by atoms with Gasteiger partial charge in [-0.2, -0.15) is 0 Å². The second kappa shape index (κ2) is 13.2. The third kappa shape index (κ3) is 8.54. The van der Waals surface area contributed by atoms with Crippen LogP contribution in [0, 0.1) is 5.92 Å². The second-order valence-corrected chi connectivity index (χ2v) is 9.95. The molecule has 0 radical (unpaired) electrons. The number of amides is 3. The topological polar surface area (TPSA) is 108 Å². The van der Waals surface area contributed by atoms with Crippen LogP contribution in [0.3, 0.4) is 0 Å². The highest BCUT2D eigenvalue weighted by atomic mass is 16.6. The van der Waals surface area contributed by atoms with Crippen molar-refractivity contribution in [3.8, 4) is 5.75 Å². The van der Waals surface area contributed by atoms with Gasteiger partial charge in [0.15, 0.2) is 0 Å². The second-order valence-electron chi connectivity index (χ2n) is 9.95. The van der Waals surface area contributed by atoms with Crippen molar-refractivity contribution < 1.29 is 24.2 Å². The molecule has 0 saturated carbocycles. The zero-order valence-electron chi connectivity index (χ0n) is 22.0. The van der Waals surface area contributed by atoms with Crippen molar-refractivity contribution in [1.29, 1.82) is 0 Å². The Morgan fingerprint density at radius 2 is 1.71 bits per heavy atom. The fraction of sp³-hybridized carbons (Fsp3) is 0.654. The highest BCUT2D eigenvalue weighted by Crippen LogP contribution is 2.32. The Kier molecular flexibility index (Phi) is 11.4. The minimum Gasteiger partial charge on any atom is -0.508 e. The number of carbonyl (C=O) groups is 3. The Hall–Kier alpha value is -2.77. The largest absolute Gasteiger partial charge is 0.508 e. The standard InChI is InChI=1S/C26H43N3O5/c1-9-11-16-27-23(31)22(19-14-12-13-15-20(19)30)29(17(3)4)24(32)21(18(5)10-2)28-25(33)34-26(6,7)8/h12-15,17-18,21-22,30H,9-11,16H2,1-8H3,(H,27,31)(H,28,33). The molecule has 0 aliphatic carbocycles. The summed E-state index contributed by atoms with van der Waals surface area (Å²) < 4.78 is 5.39. The summed E-state index contributed by atoms with van der Waals surface area (Å²) in [7, 11) is 0. The number of nitrogens with zero attached hydrogens (tertiary/aromatic N) is 1. The molecular formula is C26H43N3O5. The van der Waals surface area contributed by atoms with Crippen LogP contribution in [0.4, 0.5) is 4.79 Å². The first-order chi connectivity index (χ1) is 15.8. The van der Waals surface area contributed by atoms with Crippen LogP contribution in [0.5, 0.6) is 5.75 Å². The molecule has 0 fully saturated rings. The molecule has 0 aliphatic heterocycles. The van der Waals surface area contributed by atoms with Gasteiger partial charge in [0.2, 0.25) is 11.8 Å². The third-order valence-corrected chi connectivity index (χ3v) is 5.55. The molecule has 3 unspecified atom stereocenters. The molecule has 3 atom stereocenters. The molecule has 0 aliphatic rings. The van der Waals surface area contributed by atoms with Crippen molar-refractivity contribution in [3.05, 3.63) is 29.8 Å². The van der Waals surface area contributed by atoms with Crippen LogP contribution in [0.2, 0.25) is 0 Å². The SMILES string of the molecule is CCCCNC(=O)C(c1ccccc1O)N(C(=O)C(NC(=O)OC(C)(C)C)C(C)CC)C(C)C. The number of benzene rings is 1. The maximum atomic E-state index is 13.9. The molecule has 1 rings (SSSR count). The van der Waals surface area contributed by atoms with E-state index in [1.807, 2.05) is 34.6 Å².